The van der Waals surface area contributed by atoms with E-state index >= 15 is 0 Å². The molecule has 1 aliphatic rings. The van der Waals surface area contributed by atoms with Crippen LogP contribution in [0.1, 0.15) is 39.5 Å². The van der Waals surface area contributed by atoms with Crippen LogP contribution in [0.25, 0.3) is 22.3 Å². The number of unbranched alkanes of at least 4 members (excludes halogenated alkanes) is 1. The van der Waals surface area contributed by atoms with Crippen LogP contribution in [0.15, 0.2) is 36.4 Å². The Kier molecular flexibility index (Phi) is 4.90. The average Bonchev–Trinajstić information content (AvgIpc) is 2.59. The molecule has 0 spiro atoms. The summed E-state index contributed by atoms with van der Waals surface area (Å²) >= 11 is 0. The number of ether oxygens (including phenoxy) is 2. The molecule has 0 aliphatic heterocycles. The quantitative estimate of drug-likeness (QED) is 0.513. The highest BCUT2D eigenvalue weighted by Gasteiger charge is 2.29. The lowest BCUT2D eigenvalue weighted by molar-refractivity contribution is 0.234. The van der Waals surface area contributed by atoms with Crippen molar-refractivity contribution in [1.82, 2.24) is 0 Å². The highest BCUT2D eigenvalue weighted by Crippen LogP contribution is 2.55. The summed E-state index contributed by atoms with van der Waals surface area (Å²) in [6.45, 7) is 5.30. The van der Waals surface area contributed by atoms with Gasteiger partial charge < -0.3 is 9.47 Å². The summed E-state index contributed by atoms with van der Waals surface area (Å²) in [5, 5.41) is 0. The van der Waals surface area contributed by atoms with Crippen LogP contribution < -0.4 is 9.47 Å². The van der Waals surface area contributed by atoms with Crippen LogP contribution in [-0.2, 0) is 0 Å². The minimum Gasteiger partial charge on any atom is -0.496 e. The van der Waals surface area contributed by atoms with Crippen LogP contribution in [0.2, 0.25) is 0 Å². The third-order valence-corrected chi connectivity index (χ3v) is 4.83. The molecule has 0 radical (unpaired) electrons. The molecule has 3 rings (SSSR count). The number of hydrogen-bond donors (Lipinski definition) is 0. The maximum atomic E-state index is 6.22. The molecular formula is C21H26O2. The molecule has 0 aromatic heterocycles. The predicted octanol–water partition coefficient (Wildman–Crippen LogP) is 5.94. The van der Waals surface area contributed by atoms with Crippen molar-refractivity contribution >= 4 is 0 Å². The summed E-state index contributed by atoms with van der Waals surface area (Å²) in [6, 6.07) is 12.6. The molecule has 2 aromatic rings. The SMILES string of the molecule is CCCCC(CC)COc1ccc(OC)c2c1-c1ccccc1-2. The number of methoxy groups -OCH3 is 1. The molecule has 2 aromatic carbocycles. The van der Waals surface area contributed by atoms with Crippen LogP contribution >= 0.6 is 0 Å². The van der Waals surface area contributed by atoms with E-state index in [-0.39, 0.29) is 0 Å². The van der Waals surface area contributed by atoms with Crippen molar-refractivity contribution in [1.29, 1.82) is 0 Å². The molecule has 2 nitrogen and oxygen atoms in total. The maximum absolute atomic E-state index is 6.22. The van der Waals surface area contributed by atoms with Gasteiger partial charge in [0.2, 0.25) is 0 Å². The van der Waals surface area contributed by atoms with E-state index in [2.05, 4.69) is 44.2 Å². The van der Waals surface area contributed by atoms with E-state index in [1.54, 1.807) is 7.11 Å². The van der Waals surface area contributed by atoms with Gasteiger partial charge in [0.25, 0.3) is 0 Å². The molecule has 1 atom stereocenters. The Morgan fingerprint density at radius 2 is 1.57 bits per heavy atom. The molecular weight excluding hydrogens is 284 g/mol. The van der Waals surface area contributed by atoms with Crippen LogP contribution in [0, 0.1) is 5.92 Å². The van der Waals surface area contributed by atoms with Crippen molar-refractivity contribution in [2.75, 3.05) is 13.7 Å². The van der Waals surface area contributed by atoms with Crippen molar-refractivity contribution in [3.8, 4) is 33.8 Å². The van der Waals surface area contributed by atoms with Crippen molar-refractivity contribution in [2.24, 2.45) is 5.92 Å². The second-order valence-electron chi connectivity index (χ2n) is 6.29. The third kappa shape index (κ3) is 2.95. The Morgan fingerprint density at radius 1 is 0.913 bits per heavy atom. The lowest BCUT2D eigenvalue weighted by Gasteiger charge is -2.29. The largest absolute Gasteiger partial charge is 0.496 e. The van der Waals surface area contributed by atoms with Gasteiger partial charge in [-0.05, 0) is 35.6 Å². The van der Waals surface area contributed by atoms with Gasteiger partial charge in [0.1, 0.15) is 11.5 Å². The van der Waals surface area contributed by atoms with Crippen LogP contribution in [-0.4, -0.2) is 13.7 Å². The first-order chi connectivity index (χ1) is 11.3. The van der Waals surface area contributed by atoms with Gasteiger partial charge in [-0.1, -0.05) is 57.4 Å². The smallest absolute Gasteiger partial charge is 0.128 e. The minimum absolute atomic E-state index is 0.642. The van der Waals surface area contributed by atoms with Crippen LogP contribution in [0.5, 0.6) is 11.5 Å². The molecule has 0 saturated heterocycles. The molecule has 0 saturated carbocycles. The van der Waals surface area contributed by atoms with Crippen molar-refractivity contribution in [2.45, 2.75) is 39.5 Å². The molecule has 0 amide bonds. The zero-order chi connectivity index (χ0) is 16.2. The normalized spacial score (nSPS) is 12.8. The Labute approximate surface area is 139 Å². The fourth-order valence-electron chi connectivity index (χ4n) is 3.35. The van der Waals surface area contributed by atoms with E-state index in [1.807, 2.05) is 6.07 Å². The van der Waals surface area contributed by atoms with E-state index in [4.69, 9.17) is 9.47 Å². The van der Waals surface area contributed by atoms with E-state index in [1.165, 1.54) is 47.9 Å². The van der Waals surface area contributed by atoms with E-state index < -0.39 is 0 Å². The highest BCUT2D eigenvalue weighted by molar-refractivity contribution is 6.07. The summed E-state index contributed by atoms with van der Waals surface area (Å²) < 4.78 is 11.8. The molecule has 122 valence electrons. The predicted molar refractivity (Wildman–Crippen MR) is 96.2 cm³/mol. The molecule has 0 bridgehead atoms. The lowest BCUT2D eigenvalue weighted by atomic mass is 9.79. The summed E-state index contributed by atoms with van der Waals surface area (Å²) in [6.07, 6.45) is 4.96. The van der Waals surface area contributed by atoms with Crippen LogP contribution in [0.3, 0.4) is 0 Å². The number of hydrogen-bond acceptors (Lipinski definition) is 2. The number of benzene rings is 2. The second kappa shape index (κ2) is 7.08. The number of fused-ring (bicyclic) bond motifs is 4. The Bertz CT molecular complexity index is 676. The van der Waals surface area contributed by atoms with Gasteiger partial charge >= 0.3 is 0 Å². The van der Waals surface area contributed by atoms with E-state index in [9.17, 15) is 0 Å². The van der Waals surface area contributed by atoms with Gasteiger partial charge in [0, 0.05) is 11.1 Å². The maximum Gasteiger partial charge on any atom is 0.128 e. The molecule has 0 fully saturated rings. The Morgan fingerprint density at radius 3 is 2.17 bits per heavy atom. The summed E-state index contributed by atoms with van der Waals surface area (Å²) in [7, 11) is 1.73. The Balaban J connectivity index is 1.81. The van der Waals surface area contributed by atoms with Crippen LogP contribution in [0.4, 0.5) is 0 Å². The molecule has 0 N–H and O–H groups in total. The van der Waals surface area contributed by atoms with Gasteiger partial charge in [-0.25, -0.2) is 0 Å². The molecule has 1 aliphatic carbocycles. The lowest BCUT2D eigenvalue weighted by Crippen LogP contribution is -2.13. The Hall–Kier alpha value is -1.96. The van der Waals surface area contributed by atoms with Gasteiger partial charge in [-0.2, -0.15) is 0 Å². The van der Waals surface area contributed by atoms with E-state index in [0.717, 1.165) is 18.1 Å². The van der Waals surface area contributed by atoms with Gasteiger partial charge in [0.15, 0.2) is 0 Å². The van der Waals surface area contributed by atoms with Gasteiger partial charge in [-0.3, -0.25) is 0 Å². The summed E-state index contributed by atoms with van der Waals surface area (Å²) in [5.41, 5.74) is 4.95. The first kappa shape index (κ1) is 15.9. The number of rotatable bonds is 8. The monoisotopic (exact) mass is 310 g/mol. The topological polar surface area (TPSA) is 18.5 Å². The van der Waals surface area contributed by atoms with E-state index in [0.29, 0.717) is 5.92 Å². The standard InChI is InChI=1S/C21H26O2/c1-4-6-9-15(5-2)14-23-19-13-12-18(22-3)20-16-10-7-8-11-17(16)21(19)20/h7-8,10-13,15H,4-6,9,14H2,1-3H3. The molecule has 2 heteroatoms. The highest BCUT2D eigenvalue weighted by atomic mass is 16.5. The summed E-state index contributed by atoms with van der Waals surface area (Å²) in [4.78, 5) is 0. The van der Waals surface area contributed by atoms with Crippen molar-refractivity contribution < 1.29 is 9.47 Å². The first-order valence-corrected chi connectivity index (χ1v) is 8.73. The van der Waals surface area contributed by atoms with Crippen molar-refractivity contribution in [3.05, 3.63) is 36.4 Å². The third-order valence-electron chi connectivity index (χ3n) is 4.83. The zero-order valence-corrected chi connectivity index (χ0v) is 14.4. The average molecular weight is 310 g/mol. The minimum atomic E-state index is 0.642. The van der Waals surface area contributed by atoms with Gasteiger partial charge in [0.05, 0.1) is 13.7 Å². The summed E-state index contributed by atoms with van der Waals surface area (Å²) in [5.74, 6) is 2.57. The zero-order valence-electron chi connectivity index (χ0n) is 14.4. The van der Waals surface area contributed by atoms with Gasteiger partial charge in [-0.15, -0.1) is 0 Å². The molecule has 1 unspecified atom stereocenters. The fraction of sp³-hybridized carbons (Fsp3) is 0.429. The molecule has 23 heavy (non-hydrogen) atoms. The van der Waals surface area contributed by atoms with Crippen molar-refractivity contribution in [3.63, 3.8) is 0 Å². The second-order valence-corrected chi connectivity index (χ2v) is 6.29. The fourth-order valence-corrected chi connectivity index (χ4v) is 3.35. The molecule has 0 heterocycles. The first-order valence-electron chi connectivity index (χ1n) is 8.73.